The smallest absolute Gasteiger partial charge is 0.146 e. The number of nitrogens with two attached hydrogens (primary N) is 1. The maximum atomic E-state index is 6.02. The third-order valence-corrected chi connectivity index (χ3v) is 4.55. The van der Waals surface area contributed by atoms with Crippen LogP contribution in [-0.2, 0) is 13.1 Å². The van der Waals surface area contributed by atoms with Gasteiger partial charge in [0.15, 0.2) is 0 Å². The van der Waals surface area contributed by atoms with Crippen LogP contribution >= 0.6 is 11.3 Å². The summed E-state index contributed by atoms with van der Waals surface area (Å²) in [6.07, 6.45) is 4.18. The van der Waals surface area contributed by atoms with Crippen LogP contribution in [0, 0.1) is 0 Å². The second-order valence-corrected chi connectivity index (χ2v) is 6.27. The molecular formula is C15H16N4OS. The van der Waals surface area contributed by atoms with E-state index in [0.717, 1.165) is 28.3 Å². The van der Waals surface area contributed by atoms with Gasteiger partial charge in [-0.05, 0) is 36.4 Å². The summed E-state index contributed by atoms with van der Waals surface area (Å²) in [6.45, 7) is 1.51. The molecule has 0 unspecified atom stereocenters. The number of fused-ring (bicyclic) bond motifs is 1. The van der Waals surface area contributed by atoms with Crippen LogP contribution in [0.4, 0.5) is 5.82 Å². The molecule has 0 saturated heterocycles. The van der Waals surface area contributed by atoms with E-state index in [9.17, 15) is 0 Å². The Morgan fingerprint density at radius 1 is 1.29 bits per heavy atom. The summed E-state index contributed by atoms with van der Waals surface area (Å²) < 4.78 is 5.46. The van der Waals surface area contributed by atoms with Crippen molar-refractivity contribution in [1.82, 2.24) is 14.9 Å². The fraction of sp³-hybridized carbons (Fsp3) is 0.333. The molecule has 0 amide bonds. The summed E-state index contributed by atoms with van der Waals surface area (Å²) in [5.74, 6) is 2.35. The fourth-order valence-electron chi connectivity index (χ4n) is 2.53. The molecule has 1 aliphatic carbocycles. The van der Waals surface area contributed by atoms with Crippen molar-refractivity contribution < 1.29 is 4.42 Å². The predicted octanol–water partition coefficient (Wildman–Crippen LogP) is 3.03. The number of thiophene rings is 1. The predicted molar refractivity (Wildman–Crippen MR) is 82.8 cm³/mol. The van der Waals surface area contributed by atoms with Crippen molar-refractivity contribution in [2.45, 2.75) is 32.0 Å². The number of rotatable bonds is 5. The minimum absolute atomic E-state index is 0.574. The quantitative estimate of drug-likeness (QED) is 0.784. The average molecular weight is 300 g/mol. The fourth-order valence-corrected chi connectivity index (χ4v) is 3.32. The Bertz CT molecular complexity index is 748. The zero-order chi connectivity index (χ0) is 14.2. The number of hydrogen-bond acceptors (Lipinski definition) is 6. The molecule has 0 spiro atoms. The zero-order valence-corrected chi connectivity index (χ0v) is 12.3. The van der Waals surface area contributed by atoms with Crippen LogP contribution < -0.4 is 5.73 Å². The van der Waals surface area contributed by atoms with E-state index in [1.807, 2.05) is 23.6 Å². The van der Waals surface area contributed by atoms with Crippen LogP contribution in [-0.4, -0.2) is 20.9 Å². The van der Waals surface area contributed by atoms with Crippen LogP contribution in [0.25, 0.3) is 10.2 Å². The van der Waals surface area contributed by atoms with Crippen molar-refractivity contribution in [1.29, 1.82) is 0 Å². The molecule has 0 atom stereocenters. The summed E-state index contributed by atoms with van der Waals surface area (Å²) in [7, 11) is 0. The Balaban J connectivity index is 1.58. The highest BCUT2D eigenvalue weighted by Crippen LogP contribution is 2.30. The van der Waals surface area contributed by atoms with E-state index < -0.39 is 0 Å². The highest BCUT2D eigenvalue weighted by Gasteiger charge is 2.30. The summed E-state index contributed by atoms with van der Waals surface area (Å²) in [5, 5.41) is 2.95. The minimum Gasteiger partial charge on any atom is -0.468 e. The van der Waals surface area contributed by atoms with Crippen molar-refractivity contribution in [3.8, 4) is 0 Å². The molecule has 0 aliphatic heterocycles. The molecule has 3 aromatic rings. The summed E-state index contributed by atoms with van der Waals surface area (Å²) >= 11 is 1.60. The number of hydrogen-bond donors (Lipinski definition) is 1. The molecule has 3 heterocycles. The first-order valence-electron chi connectivity index (χ1n) is 7.05. The van der Waals surface area contributed by atoms with Gasteiger partial charge in [0.1, 0.15) is 22.2 Å². The van der Waals surface area contributed by atoms with Crippen LogP contribution in [0.3, 0.4) is 0 Å². The van der Waals surface area contributed by atoms with Crippen molar-refractivity contribution >= 4 is 27.4 Å². The Labute approximate surface area is 126 Å². The van der Waals surface area contributed by atoms with Crippen LogP contribution in [0.1, 0.15) is 24.4 Å². The first kappa shape index (κ1) is 12.8. The normalized spacial score (nSPS) is 15.1. The summed E-state index contributed by atoms with van der Waals surface area (Å²) in [5.41, 5.74) is 6.02. The van der Waals surface area contributed by atoms with Crippen LogP contribution in [0.2, 0.25) is 0 Å². The molecule has 6 heteroatoms. The number of anilines is 1. The van der Waals surface area contributed by atoms with Crippen molar-refractivity contribution in [3.63, 3.8) is 0 Å². The standard InChI is InChI=1S/C15H16N4OS/c16-14-12-5-7-21-15(12)18-13(17-14)9-19(10-3-4-10)8-11-2-1-6-20-11/h1-2,5-7,10H,3-4,8-9H2,(H2,16,17,18). The number of aromatic nitrogens is 2. The van der Waals surface area contributed by atoms with E-state index in [2.05, 4.69) is 14.9 Å². The minimum atomic E-state index is 0.574. The van der Waals surface area contributed by atoms with Crippen LogP contribution in [0.15, 0.2) is 34.3 Å². The second kappa shape index (κ2) is 5.13. The zero-order valence-electron chi connectivity index (χ0n) is 11.5. The Morgan fingerprint density at radius 3 is 2.95 bits per heavy atom. The number of nitrogen functional groups attached to an aromatic ring is 1. The number of furan rings is 1. The number of nitrogens with zero attached hydrogens (tertiary/aromatic N) is 3. The molecule has 1 saturated carbocycles. The van der Waals surface area contributed by atoms with Crippen molar-refractivity contribution in [2.75, 3.05) is 5.73 Å². The lowest BCUT2D eigenvalue weighted by molar-refractivity contribution is 0.220. The second-order valence-electron chi connectivity index (χ2n) is 5.38. The van der Waals surface area contributed by atoms with E-state index in [-0.39, 0.29) is 0 Å². The van der Waals surface area contributed by atoms with Gasteiger partial charge in [0.25, 0.3) is 0 Å². The van der Waals surface area contributed by atoms with Crippen molar-refractivity contribution in [2.24, 2.45) is 0 Å². The summed E-state index contributed by atoms with van der Waals surface area (Å²) in [6, 6.07) is 6.51. The van der Waals surface area contributed by atoms with Crippen molar-refractivity contribution in [3.05, 3.63) is 41.4 Å². The van der Waals surface area contributed by atoms with Gasteiger partial charge in [0, 0.05) is 6.04 Å². The Morgan fingerprint density at radius 2 is 2.19 bits per heavy atom. The maximum Gasteiger partial charge on any atom is 0.146 e. The van der Waals surface area contributed by atoms with Gasteiger partial charge in [-0.3, -0.25) is 4.90 Å². The highest BCUT2D eigenvalue weighted by molar-refractivity contribution is 7.16. The molecule has 5 nitrogen and oxygen atoms in total. The Hall–Kier alpha value is -1.92. The molecule has 108 valence electrons. The van der Waals surface area contributed by atoms with E-state index in [0.29, 0.717) is 18.4 Å². The third-order valence-electron chi connectivity index (χ3n) is 3.75. The molecule has 0 radical (unpaired) electrons. The van der Waals surface area contributed by atoms with E-state index in [4.69, 9.17) is 10.2 Å². The lowest BCUT2D eigenvalue weighted by Crippen LogP contribution is -2.26. The molecule has 2 N–H and O–H groups in total. The first-order valence-corrected chi connectivity index (χ1v) is 7.93. The van der Waals surface area contributed by atoms with Gasteiger partial charge in [-0.25, -0.2) is 9.97 Å². The van der Waals surface area contributed by atoms with Gasteiger partial charge in [0.2, 0.25) is 0 Å². The van der Waals surface area contributed by atoms with Crippen LogP contribution in [0.5, 0.6) is 0 Å². The SMILES string of the molecule is Nc1nc(CN(Cc2ccco2)C2CC2)nc2sccc12. The van der Waals surface area contributed by atoms with Gasteiger partial charge >= 0.3 is 0 Å². The molecule has 21 heavy (non-hydrogen) atoms. The molecule has 0 bridgehead atoms. The maximum absolute atomic E-state index is 6.02. The van der Waals surface area contributed by atoms with Gasteiger partial charge in [-0.1, -0.05) is 0 Å². The average Bonchev–Trinajstić information content (AvgIpc) is 2.98. The lowest BCUT2D eigenvalue weighted by atomic mass is 10.3. The summed E-state index contributed by atoms with van der Waals surface area (Å²) in [4.78, 5) is 12.4. The topological polar surface area (TPSA) is 68.2 Å². The molecule has 1 aliphatic rings. The van der Waals surface area contributed by atoms with Gasteiger partial charge in [-0.2, -0.15) is 0 Å². The first-order chi connectivity index (χ1) is 10.3. The molecular weight excluding hydrogens is 284 g/mol. The lowest BCUT2D eigenvalue weighted by Gasteiger charge is -2.19. The molecule has 0 aromatic carbocycles. The van der Waals surface area contributed by atoms with E-state index in [1.165, 1.54) is 12.8 Å². The highest BCUT2D eigenvalue weighted by atomic mass is 32.1. The molecule has 4 rings (SSSR count). The molecule has 1 fully saturated rings. The van der Waals surface area contributed by atoms with Gasteiger partial charge < -0.3 is 10.2 Å². The van der Waals surface area contributed by atoms with E-state index in [1.54, 1.807) is 17.6 Å². The van der Waals surface area contributed by atoms with Gasteiger partial charge in [0.05, 0.1) is 24.7 Å². The van der Waals surface area contributed by atoms with Gasteiger partial charge in [-0.15, -0.1) is 11.3 Å². The monoisotopic (exact) mass is 300 g/mol. The largest absolute Gasteiger partial charge is 0.468 e. The molecule has 3 aromatic heterocycles. The van der Waals surface area contributed by atoms with E-state index >= 15 is 0 Å². The third kappa shape index (κ3) is 2.64. The Kier molecular flexibility index (Phi) is 3.12.